The van der Waals surface area contributed by atoms with Gasteiger partial charge in [-0.25, -0.2) is 0 Å². The molecule has 0 atom stereocenters. The minimum atomic E-state index is 0.628. The molecule has 0 aliphatic rings. The quantitative estimate of drug-likeness (QED) is 0.702. The van der Waals surface area contributed by atoms with Gasteiger partial charge >= 0.3 is 0 Å². The number of allylic oxidation sites excluding steroid dienone is 2. The first-order valence-electron chi connectivity index (χ1n) is 4.63. The number of hydrogen-bond donors (Lipinski definition) is 1. The normalized spacial score (nSPS) is 9.77. The fourth-order valence-electron chi connectivity index (χ4n) is 1.13. The summed E-state index contributed by atoms with van der Waals surface area (Å²) in [5.74, 6) is 0. The molecule has 70 valence electrons. The third kappa shape index (κ3) is 3.43. The van der Waals surface area contributed by atoms with E-state index in [1.54, 1.807) is 0 Å². The molecule has 0 unspecified atom stereocenters. The molecular formula is C12H17N. The van der Waals surface area contributed by atoms with Gasteiger partial charge in [-0.1, -0.05) is 35.9 Å². The molecule has 0 aliphatic heterocycles. The average Bonchev–Trinajstić information content (AvgIpc) is 2.15. The molecule has 0 bridgehead atoms. The Labute approximate surface area is 80.3 Å². The van der Waals surface area contributed by atoms with E-state index < -0.39 is 0 Å². The van der Waals surface area contributed by atoms with Crippen LogP contribution in [0.3, 0.4) is 0 Å². The minimum absolute atomic E-state index is 0.628. The van der Waals surface area contributed by atoms with Crippen molar-refractivity contribution in [1.82, 2.24) is 0 Å². The number of rotatable bonds is 3. The van der Waals surface area contributed by atoms with Gasteiger partial charge in [0.2, 0.25) is 0 Å². The lowest BCUT2D eigenvalue weighted by Gasteiger charge is -1.99. The van der Waals surface area contributed by atoms with Crippen LogP contribution in [0.4, 0.5) is 0 Å². The summed E-state index contributed by atoms with van der Waals surface area (Å²) in [6, 6.07) is 8.46. The highest BCUT2D eigenvalue weighted by Gasteiger charge is 1.91. The van der Waals surface area contributed by atoms with Crippen molar-refractivity contribution in [2.45, 2.75) is 26.8 Å². The van der Waals surface area contributed by atoms with E-state index in [0.29, 0.717) is 6.54 Å². The molecule has 0 radical (unpaired) electrons. The van der Waals surface area contributed by atoms with Crippen molar-refractivity contribution in [1.29, 1.82) is 0 Å². The van der Waals surface area contributed by atoms with Gasteiger partial charge in [-0.15, -0.1) is 0 Å². The van der Waals surface area contributed by atoms with Gasteiger partial charge in [0.1, 0.15) is 0 Å². The standard InChI is InChI=1S/C12H17N/c1-10(2)3-4-11-5-7-12(9-13)8-6-11/h3,5-8H,4,9,13H2,1-2H3. The monoisotopic (exact) mass is 175 g/mol. The predicted molar refractivity (Wildman–Crippen MR) is 57.5 cm³/mol. The largest absolute Gasteiger partial charge is 0.326 e. The lowest BCUT2D eigenvalue weighted by molar-refractivity contribution is 1.06. The molecule has 0 aromatic heterocycles. The van der Waals surface area contributed by atoms with E-state index in [0.717, 1.165) is 6.42 Å². The van der Waals surface area contributed by atoms with Gasteiger partial charge < -0.3 is 5.73 Å². The highest BCUT2D eigenvalue weighted by molar-refractivity contribution is 5.24. The van der Waals surface area contributed by atoms with Crippen LogP contribution in [0.25, 0.3) is 0 Å². The second-order valence-corrected chi connectivity index (χ2v) is 3.51. The van der Waals surface area contributed by atoms with Crippen LogP contribution in [-0.4, -0.2) is 0 Å². The molecule has 2 N–H and O–H groups in total. The third-order valence-corrected chi connectivity index (χ3v) is 2.00. The topological polar surface area (TPSA) is 26.0 Å². The maximum Gasteiger partial charge on any atom is 0.0178 e. The first-order chi connectivity index (χ1) is 6.22. The summed E-state index contributed by atoms with van der Waals surface area (Å²) < 4.78 is 0. The van der Waals surface area contributed by atoms with Gasteiger partial charge in [-0.2, -0.15) is 0 Å². The van der Waals surface area contributed by atoms with Gasteiger partial charge in [0.25, 0.3) is 0 Å². The van der Waals surface area contributed by atoms with Crippen LogP contribution in [0, 0.1) is 0 Å². The van der Waals surface area contributed by atoms with E-state index in [2.05, 4.69) is 44.2 Å². The second kappa shape index (κ2) is 4.83. The highest BCUT2D eigenvalue weighted by atomic mass is 14.5. The van der Waals surface area contributed by atoms with E-state index in [1.165, 1.54) is 16.7 Å². The Kier molecular flexibility index (Phi) is 3.71. The average molecular weight is 175 g/mol. The Morgan fingerprint density at radius 2 is 1.69 bits per heavy atom. The molecule has 0 aliphatic carbocycles. The fraction of sp³-hybridized carbons (Fsp3) is 0.333. The van der Waals surface area contributed by atoms with Crippen LogP contribution in [0.2, 0.25) is 0 Å². The van der Waals surface area contributed by atoms with Gasteiger partial charge in [-0.05, 0) is 31.4 Å². The number of hydrogen-bond acceptors (Lipinski definition) is 1. The van der Waals surface area contributed by atoms with Crippen LogP contribution in [0.1, 0.15) is 25.0 Å². The third-order valence-electron chi connectivity index (χ3n) is 2.00. The summed E-state index contributed by atoms with van der Waals surface area (Å²) in [7, 11) is 0. The molecule has 0 saturated carbocycles. The lowest BCUT2D eigenvalue weighted by atomic mass is 10.1. The van der Waals surface area contributed by atoms with Crippen molar-refractivity contribution < 1.29 is 0 Å². The van der Waals surface area contributed by atoms with E-state index in [4.69, 9.17) is 5.73 Å². The molecule has 0 fully saturated rings. The Balaban J connectivity index is 2.64. The van der Waals surface area contributed by atoms with Crippen LogP contribution < -0.4 is 5.73 Å². The van der Waals surface area contributed by atoms with E-state index in [9.17, 15) is 0 Å². The molecule has 0 spiro atoms. The number of benzene rings is 1. The van der Waals surface area contributed by atoms with Crippen molar-refractivity contribution >= 4 is 0 Å². The summed E-state index contributed by atoms with van der Waals surface area (Å²) in [5.41, 5.74) is 9.42. The first kappa shape index (κ1) is 10.0. The Morgan fingerprint density at radius 3 is 2.15 bits per heavy atom. The molecule has 1 rings (SSSR count). The molecule has 1 heteroatoms. The summed E-state index contributed by atoms with van der Waals surface area (Å²) in [6.07, 6.45) is 3.25. The van der Waals surface area contributed by atoms with Gasteiger partial charge in [0.15, 0.2) is 0 Å². The summed E-state index contributed by atoms with van der Waals surface area (Å²) >= 11 is 0. The van der Waals surface area contributed by atoms with Crippen LogP contribution in [-0.2, 0) is 13.0 Å². The van der Waals surface area contributed by atoms with Gasteiger partial charge in [-0.3, -0.25) is 0 Å². The first-order valence-corrected chi connectivity index (χ1v) is 4.63. The van der Waals surface area contributed by atoms with Crippen molar-refractivity contribution in [2.75, 3.05) is 0 Å². The van der Waals surface area contributed by atoms with E-state index in [1.807, 2.05) is 0 Å². The zero-order valence-corrected chi connectivity index (χ0v) is 8.38. The molecule has 0 heterocycles. The fourth-order valence-corrected chi connectivity index (χ4v) is 1.13. The van der Waals surface area contributed by atoms with Crippen molar-refractivity contribution in [3.05, 3.63) is 47.0 Å². The van der Waals surface area contributed by atoms with Crippen molar-refractivity contribution in [3.63, 3.8) is 0 Å². The Hall–Kier alpha value is -1.08. The summed E-state index contributed by atoms with van der Waals surface area (Å²) in [6.45, 7) is 4.87. The molecule has 0 amide bonds. The maximum atomic E-state index is 5.51. The summed E-state index contributed by atoms with van der Waals surface area (Å²) in [4.78, 5) is 0. The molecule has 1 aromatic rings. The number of nitrogens with two attached hydrogens (primary N) is 1. The minimum Gasteiger partial charge on any atom is -0.326 e. The smallest absolute Gasteiger partial charge is 0.0178 e. The van der Waals surface area contributed by atoms with Crippen molar-refractivity contribution in [3.8, 4) is 0 Å². The molecule has 13 heavy (non-hydrogen) atoms. The second-order valence-electron chi connectivity index (χ2n) is 3.51. The van der Waals surface area contributed by atoms with Crippen LogP contribution in [0.15, 0.2) is 35.9 Å². The maximum absolute atomic E-state index is 5.51. The SMILES string of the molecule is CC(C)=CCc1ccc(CN)cc1. The van der Waals surface area contributed by atoms with E-state index in [-0.39, 0.29) is 0 Å². The molecule has 0 saturated heterocycles. The van der Waals surface area contributed by atoms with Crippen molar-refractivity contribution in [2.24, 2.45) is 5.73 Å². The zero-order valence-electron chi connectivity index (χ0n) is 8.38. The van der Waals surface area contributed by atoms with Crippen LogP contribution in [0.5, 0.6) is 0 Å². The molecule has 1 aromatic carbocycles. The molecule has 1 nitrogen and oxygen atoms in total. The predicted octanol–water partition coefficient (Wildman–Crippen LogP) is 2.65. The van der Waals surface area contributed by atoms with Gasteiger partial charge in [0.05, 0.1) is 0 Å². The molecular weight excluding hydrogens is 158 g/mol. The Bertz CT molecular complexity index is 278. The zero-order chi connectivity index (χ0) is 9.68. The Morgan fingerprint density at radius 1 is 1.15 bits per heavy atom. The lowest BCUT2D eigenvalue weighted by Crippen LogP contribution is -1.95. The van der Waals surface area contributed by atoms with Crippen LogP contribution >= 0.6 is 0 Å². The highest BCUT2D eigenvalue weighted by Crippen LogP contribution is 2.06. The van der Waals surface area contributed by atoms with E-state index >= 15 is 0 Å². The summed E-state index contributed by atoms with van der Waals surface area (Å²) in [5, 5.41) is 0. The van der Waals surface area contributed by atoms with Gasteiger partial charge in [0, 0.05) is 6.54 Å².